The lowest BCUT2D eigenvalue weighted by Crippen LogP contribution is -2.39. The molecule has 3 N–H and O–H groups in total. The molecule has 0 fully saturated rings. The zero-order chi connectivity index (χ0) is 15.8. The summed E-state index contributed by atoms with van der Waals surface area (Å²) in [5, 5.41) is 0. The number of hydrogen-bond donors (Lipinski definition) is 2. The van der Waals surface area contributed by atoms with Crippen LogP contribution in [0.25, 0.3) is 0 Å². The van der Waals surface area contributed by atoms with Gasteiger partial charge >= 0.3 is 0 Å². The number of nitrogens with zero attached hydrogens (tertiary/aromatic N) is 3. The highest BCUT2D eigenvalue weighted by Crippen LogP contribution is 2.14. The van der Waals surface area contributed by atoms with Crippen LogP contribution in [0.1, 0.15) is 33.5 Å². The molecule has 0 spiro atoms. The van der Waals surface area contributed by atoms with E-state index in [0.717, 1.165) is 6.54 Å². The van der Waals surface area contributed by atoms with Crippen LogP contribution in [0.4, 0.5) is 5.82 Å². The number of ether oxygens (including phenoxy) is 2. The summed E-state index contributed by atoms with van der Waals surface area (Å²) in [6.45, 7) is 10.4. The van der Waals surface area contributed by atoms with E-state index in [-0.39, 0.29) is 0 Å². The van der Waals surface area contributed by atoms with Crippen LogP contribution in [0.15, 0.2) is 6.07 Å². The van der Waals surface area contributed by atoms with Gasteiger partial charge in [0.25, 0.3) is 0 Å². The van der Waals surface area contributed by atoms with Crippen LogP contribution in [-0.2, 0) is 11.3 Å². The van der Waals surface area contributed by atoms with E-state index in [0.29, 0.717) is 42.8 Å². The second-order valence-electron chi connectivity index (χ2n) is 5.36. The van der Waals surface area contributed by atoms with Gasteiger partial charge in [-0.1, -0.05) is 0 Å². The predicted octanol–water partition coefficient (Wildman–Crippen LogP) is 1.41. The summed E-state index contributed by atoms with van der Waals surface area (Å²) in [6.07, 6.45) is 0. The zero-order valence-corrected chi connectivity index (χ0v) is 13.6. The van der Waals surface area contributed by atoms with Crippen LogP contribution < -0.4 is 16.0 Å². The van der Waals surface area contributed by atoms with Crippen LogP contribution in [0, 0.1) is 0 Å². The Morgan fingerprint density at radius 2 is 1.90 bits per heavy atom. The summed E-state index contributed by atoms with van der Waals surface area (Å²) >= 11 is 0. The van der Waals surface area contributed by atoms with Crippen molar-refractivity contribution in [3.8, 4) is 5.88 Å². The van der Waals surface area contributed by atoms with Gasteiger partial charge in [0.2, 0.25) is 5.88 Å². The maximum atomic E-state index is 5.72. The van der Waals surface area contributed by atoms with Crippen molar-refractivity contribution < 1.29 is 9.47 Å². The topological polar surface area (TPSA) is 85.5 Å². The molecule has 21 heavy (non-hydrogen) atoms. The molecule has 7 nitrogen and oxygen atoms in total. The van der Waals surface area contributed by atoms with Gasteiger partial charge in [-0.05, 0) is 27.7 Å². The van der Waals surface area contributed by atoms with Crippen LogP contribution in [-0.4, -0.2) is 47.2 Å². The first kappa shape index (κ1) is 17.6. The van der Waals surface area contributed by atoms with Crippen LogP contribution >= 0.6 is 0 Å². The van der Waals surface area contributed by atoms with Crippen LogP contribution in [0.2, 0.25) is 0 Å². The van der Waals surface area contributed by atoms with E-state index in [2.05, 4.69) is 48.0 Å². The molecule has 0 aliphatic rings. The number of methoxy groups -OCH3 is 1. The van der Waals surface area contributed by atoms with Gasteiger partial charge in [0, 0.05) is 31.8 Å². The molecule has 1 aromatic rings. The van der Waals surface area contributed by atoms with Crippen molar-refractivity contribution in [2.24, 2.45) is 5.84 Å². The highest BCUT2D eigenvalue weighted by molar-refractivity contribution is 5.36. The van der Waals surface area contributed by atoms with E-state index in [1.165, 1.54) is 0 Å². The van der Waals surface area contributed by atoms with Crippen molar-refractivity contribution >= 4 is 5.82 Å². The van der Waals surface area contributed by atoms with Gasteiger partial charge in [-0.2, -0.15) is 4.98 Å². The van der Waals surface area contributed by atoms with Gasteiger partial charge in [-0.3, -0.25) is 4.90 Å². The summed E-state index contributed by atoms with van der Waals surface area (Å²) in [7, 11) is 1.59. The lowest BCUT2D eigenvalue weighted by Gasteiger charge is -2.30. The van der Waals surface area contributed by atoms with E-state index < -0.39 is 0 Å². The van der Waals surface area contributed by atoms with Crippen molar-refractivity contribution in [3.05, 3.63) is 11.9 Å². The number of nitrogens with two attached hydrogens (primary N) is 1. The van der Waals surface area contributed by atoms with E-state index in [1.54, 1.807) is 13.2 Å². The molecular weight excluding hydrogens is 270 g/mol. The summed E-state index contributed by atoms with van der Waals surface area (Å²) < 4.78 is 10.8. The lowest BCUT2D eigenvalue weighted by molar-refractivity contribution is 0.139. The van der Waals surface area contributed by atoms with E-state index in [1.807, 2.05) is 0 Å². The maximum absolute atomic E-state index is 5.72. The molecule has 0 aliphatic heterocycles. The molecular formula is C14H27N5O2. The Labute approximate surface area is 126 Å². The molecule has 7 heteroatoms. The van der Waals surface area contributed by atoms with Gasteiger partial charge in [0.1, 0.15) is 19.0 Å². The second-order valence-corrected chi connectivity index (χ2v) is 5.36. The average Bonchev–Trinajstić information content (AvgIpc) is 2.42. The Morgan fingerprint density at radius 1 is 1.24 bits per heavy atom. The first-order valence-corrected chi connectivity index (χ1v) is 7.20. The first-order valence-electron chi connectivity index (χ1n) is 7.20. The molecule has 0 aliphatic carbocycles. The second kappa shape index (κ2) is 8.76. The summed E-state index contributed by atoms with van der Waals surface area (Å²) in [4.78, 5) is 10.8. The van der Waals surface area contributed by atoms with E-state index >= 15 is 0 Å². The minimum Gasteiger partial charge on any atom is -0.476 e. The Morgan fingerprint density at radius 3 is 2.43 bits per heavy atom. The van der Waals surface area contributed by atoms with Crippen LogP contribution in [0.5, 0.6) is 5.88 Å². The lowest BCUT2D eigenvalue weighted by atomic mass is 10.2. The minimum absolute atomic E-state index is 0.315. The Balaban J connectivity index is 2.63. The molecule has 0 atom stereocenters. The van der Waals surface area contributed by atoms with Crippen molar-refractivity contribution in [3.63, 3.8) is 0 Å². The molecule has 120 valence electrons. The Bertz CT molecular complexity index is 418. The van der Waals surface area contributed by atoms with Gasteiger partial charge in [0.05, 0.1) is 0 Å². The van der Waals surface area contributed by atoms with Crippen molar-refractivity contribution in [1.82, 2.24) is 14.9 Å². The fourth-order valence-electron chi connectivity index (χ4n) is 2.18. The average molecular weight is 297 g/mol. The summed E-state index contributed by atoms with van der Waals surface area (Å²) in [6, 6.07) is 2.63. The predicted molar refractivity (Wildman–Crippen MR) is 83.0 cm³/mol. The van der Waals surface area contributed by atoms with Gasteiger partial charge in [-0.25, -0.2) is 10.8 Å². The number of nitrogens with one attached hydrogen (secondary N) is 1. The molecule has 0 saturated carbocycles. The highest BCUT2D eigenvalue weighted by Gasteiger charge is 2.13. The minimum atomic E-state index is 0.315. The third-order valence-corrected chi connectivity index (χ3v) is 3.10. The molecule has 1 heterocycles. The first-order chi connectivity index (χ1) is 9.97. The number of hydrazine groups is 1. The Hall–Kier alpha value is -1.44. The third-order valence-electron chi connectivity index (χ3n) is 3.10. The molecule has 0 unspecified atom stereocenters. The van der Waals surface area contributed by atoms with E-state index in [9.17, 15) is 0 Å². The summed E-state index contributed by atoms with van der Waals surface area (Å²) in [5.41, 5.74) is 2.50. The SMILES string of the molecule is COCc1nc(NN)cc(OCCN(C(C)C)C(C)C)n1. The third kappa shape index (κ3) is 5.82. The normalized spacial score (nSPS) is 11.5. The summed E-state index contributed by atoms with van der Waals surface area (Å²) in [5.74, 6) is 6.94. The number of hydrogen-bond acceptors (Lipinski definition) is 7. The molecule has 0 radical (unpaired) electrons. The van der Waals surface area contributed by atoms with Crippen molar-refractivity contribution in [1.29, 1.82) is 0 Å². The van der Waals surface area contributed by atoms with E-state index in [4.69, 9.17) is 15.3 Å². The monoisotopic (exact) mass is 297 g/mol. The van der Waals surface area contributed by atoms with Crippen molar-refractivity contribution in [2.75, 3.05) is 25.7 Å². The van der Waals surface area contributed by atoms with Crippen molar-refractivity contribution in [2.45, 2.75) is 46.4 Å². The maximum Gasteiger partial charge on any atom is 0.218 e. The zero-order valence-electron chi connectivity index (χ0n) is 13.6. The number of aromatic nitrogens is 2. The molecule has 0 aromatic carbocycles. The fourth-order valence-corrected chi connectivity index (χ4v) is 2.18. The Kier molecular flexibility index (Phi) is 7.35. The number of anilines is 1. The fraction of sp³-hybridized carbons (Fsp3) is 0.714. The molecule has 0 saturated heterocycles. The standard InChI is InChI=1S/C14H27N5O2/c1-10(2)19(11(3)4)6-7-21-14-8-12(18-15)16-13(17-14)9-20-5/h8,10-11H,6-7,9,15H2,1-5H3,(H,16,17,18). The molecule has 0 bridgehead atoms. The highest BCUT2D eigenvalue weighted by atomic mass is 16.5. The number of nitrogen functional groups attached to an aromatic ring is 1. The smallest absolute Gasteiger partial charge is 0.218 e. The number of rotatable bonds is 9. The molecule has 1 aromatic heterocycles. The molecule has 1 rings (SSSR count). The van der Waals surface area contributed by atoms with Gasteiger partial charge < -0.3 is 14.9 Å². The quantitative estimate of drug-likeness (QED) is 0.526. The van der Waals surface area contributed by atoms with Gasteiger partial charge in [-0.15, -0.1) is 0 Å². The molecule has 0 amide bonds. The largest absolute Gasteiger partial charge is 0.476 e. The van der Waals surface area contributed by atoms with Crippen LogP contribution in [0.3, 0.4) is 0 Å². The van der Waals surface area contributed by atoms with Gasteiger partial charge in [0.15, 0.2) is 5.82 Å².